The third-order valence-corrected chi connectivity index (χ3v) is 4.16. The molecule has 0 radical (unpaired) electrons. The van der Waals surface area contributed by atoms with Gasteiger partial charge in [-0.3, -0.25) is 0 Å². The number of hydrogen-bond acceptors (Lipinski definition) is 5. The van der Waals surface area contributed by atoms with E-state index >= 15 is 0 Å². The minimum absolute atomic E-state index is 0.848. The maximum absolute atomic E-state index is 4.30. The van der Waals surface area contributed by atoms with Crippen LogP contribution in [-0.2, 0) is 6.42 Å². The molecule has 2 heterocycles. The maximum atomic E-state index is 4.30. The largest absolute Gasteiger partial charge is 0.371 e. The number of aryl methyl sites for hydroxylation is 1. The summed E-state index contributed by atoms with van der Waals surface area (Å²) in [5, 5.41) is 4.26. The van der Waals surface area contributed by atoms with Crippen LogP contribution in [0.4, 0.5) is 10.8 Å². The van der Waals surface area contributed by atoms with Gasteiger partial charge in [0.2, 0.25) is 5.13 Å². The van der Waals surface area contributed by atoms with Crippen LogP contribution in [0.3, 0.4) is 0 Å². The number of rotatable bonds is 5. The first-order valence-electron chi connectivity index (χ1n) is 6.70. The van der Waals surface area contributed by atoms with E-state index in [0.29, 0.717) is 0 Å². The number of anilines is 2. The zero-order valence-corrected chi connectivity index (χ0v) is 11.9. The molecule has 0 amide bonds. The highest BCUT2D eigenvalue weighted by Gasteiger charge is 2.17. The van der Waals surface area contributed by atoms with Gasteiger partial charge in [0.05, 0.1) is 0 Å². The van der Waals surface area contributed by atoms with Crippen molar-refractivity contribution in [2.75, 3.05) is 29.9 Å². The van der Waals surface area contributed by atoms with Gasteiger partial charge < -0.3 is 10.2 Å². The van der Waals surface area contributed by atoms with Gasteiger partial charge in [-0.15, -0.1) is 0 Å². The lowest BCUT2D eigenvalue weighted by Gasteiger charge is -2.19. The van der Waals surface area contributed by atoms with Gasteiger partial charge in [-0.25, -0.2) is 4.98 Å². The van der Waals surface area contributed by atoms with Gasteiger partial charge >= 0.3 is 0 Å². The quantitative estimate of drug-likeness (QED) is 0.851. The molecule has 0 bridgehead atoms. The molecule has 1 aromatic heterocycles. The van der Waals surface area contributed by atoms with Gasteiger partial charge in [-0.05, 0) is 31.4 Å². The number of nitrogens with one attached hydrogen (secondary N) is 1. The SMILES string of the molecule is Cc1nsc(NCCCN2CCc3ccccc32)n1. The van der Waals surface area contributed by atoms with Crippen LogP contribution in [0.15, 0.2) is 24.3 Å². The van der Waals surface area contributed by atoms with E-state index in [2.05, 4.69) is 43.8 Å². The molecule has 0 saturated heterocycles. The molecule has 0 aliphatic carbocycles. The molecule has 100 valence electrons. The van der Waals surface area contributed by atoms with Crippen molar-refractivity contribution >= 4 is 22.4 Å². The summed E-state index contributed by atoms with van der Waals surface area (Å²) in [6, 6.07) is 8.71. The van der Waals surface area contributed by atoms with Gasteiger partial charge in [0.1, 0.15) is 5.82 Å². The topological polar surface area (TPSA) is 41.1 Å². The van der Waals surface area contributed by atoms with Crippen LogP contribution >= 0.6 is 11.5 Å². The molecular weight excluding hydrogens is 256 g/mol. The van der Waals surface area contributed by atoms with Crippen molar-refractivity contribution in [2.45, 2.75) is 19.8 Å². The molecule has 0 saturated carbocycles. The minimum Gasteiger partial charge on any atom is -0.371 e. The third kappa shape index (κ3) is 2.87. The van der Waals surface area contributed by atoms with Crippen molar-refractivity contribution in [3.8, 4) is 0 Å². The molecule has 0 unspecified atom stereocenters. The van der Waals surface area contributed by atoms with Gasteiger partial charge in [-0.1, -0.05) is 18.2 Å². The summed E-state index contributed by atoms with van der Waals surface area (Å²) in [7, 11) is 0. The number of fused-ring (bicyclic) bond motifs is 1. The van der Waals surface area contributed by atoms with E-state index in [1.807, 2.05) is 6.92 Å². The second-order valence-corrected chi connectivity index (χ2v) is 5.54. The third-order valence-electron chi connectivity index (χ3n) is 3.39. The van der Waals surface area contributed by atoms with E-state index in [1.165, 1.54) is 29.2 Å². The molecule has 2 aromatic rings. The molecule has 4 nitrogen and oxygen atoms in total. The van der Waals surface area contributed by atoms with Crippen molar-refractivity contribution in [2.24, 2.45) is 0 Å². The standard InChI is InChI=1S/C14H18N4S/c1-11-16-14(19-17-11)15-8-4-9-18-10-7-12-5-2-3-6-13(12)18/h2-3,5-6H,4,7-10H2,1H3,(H,15,16,17). The highest BCUT2D eigenvalue weighted by Crippen LogP contribution is 2.27. The maximum Gasteiger partial charge on any atom is 0.202 e. The van der Waals surface area contributed by atoms with Crippen LogP contribution in [-0.4, -0.2) is 29.0 Å². The van der Waals surface area contributed by atoms with Crippen molar-refractivity contribution < 1.29 is 0 Å². The summed E-state index contributed by atoms with van der Waals surface area (Å²) in [4.78, 5) is 6.77. The molecule has 1 aliphatic heterocycles. The first-order valence-corrected chi connectivity index (χ1v) is 7.47. The average molecular weight is 274 g/mol. The molecule has 0 atom stereocenters. The van der Waals surface area contributed by atoms with Crippen molar-refractivity contribution in [1.29, 1.82) is 0 Å². The van der Waals surface area contributed by atoms with Crippen LogP contribution in [0, 0.1) is 6.92 Å². The zero-order chi connectivity index (χ0) is 13.1. The number of hydrogen-bond donors (Lipinski definition) is 1. The molecule has 3 rings (SSSR count). The first kappa shape index (κ1) is 12.4. The Bertz CT molecular complexity index is 552. The fourth-order valence-corrected chi connectivity index (χ4v) is 3.07. The Morgan fingerprint density at radius 1 is 1.37 bits per heavy atom. The van der Waals surface area contributed by atoms with Gasteiger partial charge in [0.15, 0.2) is 0 Å². The number of benzene rings is 1. The van der Waals surface area contributed by atoms with E-state index in [9.17, 15) is 0 Å². The molecule has 1 aliphatic rings. The molecular formula is C14H18N4S. The number of para-hydroxylation sites is 1. The van der Waals surface area contributed by atoms with E-state index in [-0.39, 0.29) is 0 Å². The highest BCUT2D eigenvalue weighted by molar-refractivity contribution is 7.09. The van der Waals surface area contributed by atoms with Crippen LogP contribution in [0.2, 0.25) is 0 Å². The van der Waals surface area contributed by atoms with Crippen molar-refractivity contribution in [3.05, 3.63) is 35.7 Å². The zero-order valence-electron chi connectivity index (χ0n) is 11.1. The normalized spacial score (nSPS) is 13.6. The summed E-state index contributed by atoms with van der Waals surface area (Å²) in [6.07, 6.45) is 2.30. The monoisotopic (exact) mass is 274 g/mol. The Kier molecular flexibility index (Phi) is 3.64. The lowest BCUT2D eigenvalue weighted by molar-refractivity contribution is 0.773. The molecule has 1 N–H and O–H groups in total. The van der Waals surface area contributed by atoms with Gasteiger partial charge in [0.25, 0.3) is 0 Å². The van der Waals surface area contributed by atoms with Gasteiger partial charge in [0, 0.05) is 36.9 Å². The lowest BCUT2D eigenvalue weighted by atomic mass is 10.2. The van der Waals surface area contributed by atoms with E-state index in [1.54, 1.807) is 0 Å². The fraction of sp³-hybridized carbons (Fsp3) is 0.429. The van der Waals surface area contributed by atoms with E-state index < -0.39 is 0 Å². The van der Waals surface area contributed by atoms with Crippen molar-refractivity contribution in [3.63, 3.8) is 0 Å². The van der Waals surface area contributed by atoms with Crippen molar-refractivity contribution in [1.82, 2.24) is 9.36 Å². The Hall–Kier alpha value is -1.62. The molecule has 19 heavy (non-hydrogen) atoms. The van der Waals surface area contributed by atoms with Crippen LogP contribution in [0.5, 0.6) is 0 Å². The van der Waals surface area contributed by atoms with Gasteiger partial charge in [-0.2, -0.15) is 4.37 Å². The second kappa shape index (κ2) is 5.57. The molecule has 5 heteroatoms. The van der Waals surface area contributed by atoms with Crippen LogP contribution in [0.25, 0.3) is 0 Å². The summed E-state index contributed by atoms with van der Waals surface area (Å²) < 4.78 is 4.16. The predicted octanol–water partition coefficient (Wildman–Crippen LogP) is 2.71. The number of aromatic nitrogens is 2. The summed E-state index contributed by atoms with van der Waals surface area (Å²) >= 11 is 1.43. The van der Waals surface area contributed by atoms with Crippen LogP contribution < -0.4 is 10.2 Å². The second-order valence-electron chi connectivity index (χ2n) is 4.79. The lowest BCUT2D eigenvalue weighted by Crippen LogP contribution is -2.23. The minimum atomic E-state index is 0.848. The predicted molar refractivity (Wildman–Crippen MR) is 80.1 cm³/mol. The Morgan fingerprint density at radius 2 is 2.26 bits per heavy atom. The molecule has 0 fully saturated rings. The highest BCUT2D eigenvalue weighted by atomic mass is 32.1. The Morgan fingerprint density at radius 3 is 3.11 bits per heavy atom. The fourth-order valence-electron chi connectivity index (χ4n) is 2.47. The summed E-state index contributed by atoms with van der Waals surface area (Å²) in [5.74, 6) is 0.848. The van der Waals surface area contributed by atoms with E-state index in [4.69, 9.17) is 0 Å². The van der Waals surface area contributed by atoms with Crippen LogP contribution in [0.1, 0.15) is 17.8 Å². The molecule has 0 spiro atoms. The Balaban J connectivity index is 1.46. The number of nitrogens with zero attached hydrogens (tertiary/aromatic N) is 3. The smallest absolute Gasteiger partial charge is 0.202 e. The average Bonchev–Trinajstić information content (AvgIpc) is 3.02. The Labute approximate surface area is 117 Å². The summed E-state index contributed by atoms with van der Waals surface area (Å²) in [5.41, 5.74) is 2.89. The van der Waals surface area contributed by atoms with E-state index in [0.717, 1.165) is 37.0 Å². The first-order chi connectivity index (χ1) is 9.33. The molecule has 1 aromatic carbocycles. The summed E-state index contributed by atoms with van der Waals surface area (Å²) in [6.45, 7) is 5.12.